The number of fused-ring (bicyclic) bond motifs is 2. The van der Waals surface area contributed by atoms with Crippen LogP contribution in [-0.2, 0) is 18.7 Å². The molecule has 1 aliphatic rings. The van der Waals surface area contributed by atoms with Gasteiger partial charge in [0.25, 0.3) is 0 Å². The molecule has 184 valence electrons. The fourth-order valence-electron chi connectivity index (χ4n) is 5.14. The van der Waals surface area contributed by atoms with Gasteiger partial charge in [-0.2, -0.15) is 0 Å². The summed E-state index contributed by atoms with van der Waals surface area (Å²) in [6.07, 6.45) is 7.80. The first-order chi connectivity index (χ1) is 18.3. The summed E-state index contributed by atoms with van der Waals surface area (Å²) in [5.74, 6) is 1.84. The molecule has 1 aromatic heterocycles. The molecule has 0 saturated heterocycles. The molecule has 0 radical (unpaired) electrons. The number of ether oxygens (including phenoxy) is 1. The summed E-state index contributed by atoms with van der Waals surface area (Å²) in [7, 11) is 0. The number of benzene rings is 4. The van der Waals surface area contributed by atoms with Gasteiger partial charge in [0.05, 0.1) is 12.9 Å². The molecular weight excluding hydrogens is 476 g/mol. The maximum Gasteiger partial charge on any atom is 0.163 e. The molecule has 4 nitrogen and oxygen atoms in total. The van der Waals surface area contributed by atoms with E-state index in [1.807, 2.05) is 59.2 Å². The summed E-state index contributed by atoms with van der Waals surface area (Å²) in [6.45, 7) is 0.649. The van der Waals surface area contributed by atoms with Crippen molar-refractivity contribution in [2.24, 2.45) is 0 Å². The van der Waals surface area contributed by atoms with Gasteiger partial charge in [0.15, 0.2) is 5.78 Å². The second kappa shape index (κ2) is 10.7. The Morgan fingerprint density at radius 2 is 1.76 bits per heavy atom. The Kier molecular flexibility index (Phi) is 6.78. The predicted molar refractivity (Wildman–Crippen MR) is 149 cm³/mol. The molecular formula is C32H28N2O2S. The number of imidazole rings is 1. The SMILES string of the molecule is O=C1CCCc2c1ccc(O[C@H](Cn1ccnc1)c1ccccc1)c2CSc1cccc2ccccc12. The average molecular weight is 505 g/mol. The highest BCUT2D eigenvalue weighted by Crippen LogP contribution is 2.39. The number of thioether (sulfide) groups is 1. The first kappa shape index (κ1) is 23.6. The number of hydrogen-bond acceptors (Lipinski definition) is 4. The minimum absolute atomic E-state index is 0.186. The number of aromatic nitrogens is 2. The minimum atomic E-state index is -0.186. The van der Waals surface area contributed by atoms with Crippen LogP contribution >= 0.6 is 11.8 Å². The van der Waals surface area contributed by atoms with Crippen LogP contribution in [0.5, 0.6) is 5.75 Å². The zero-order chi connectivity index (χ0) is 25.0. The summed E-state index contributed by atoms with van der Waals surface area (Å²) in [4.78, 5) is 18.2. The highest BCUT2D eigenvalue weighted by atomic mass is 32.2. The van der Waals surface area contributed by atoms with Crippen molar-refractivity contribution in [2.45, 2.75) is 42.6 Å². The minimum Gasteiger partial charge on any atom is -0.484 e. The van der Waals surface area contributed by atoms with Crippen LogP contribution in [0.2, 0.25) is 0 Å². The van der Waals surface area contributed by atoms with Crippen LogP contribution in [0.1, 0.15) is 46.0 Å². The molecule has 0 N–H and O–H groups in total. The largest absolute Gasteiger partial charge is 0.484 e. The number of rotatable bonds is 8. The Bertz CT molecular complexity index is 1520. The third-order valence-corrected chi connectivity index (χ3v) is 8.12. The van der Waals surface area contributed by atoms with Crippen LogP contribution in [0.15, 0.2) is 109 Å². The number of carbonyl (C=O) groups excluding carboxylic acids is 1. The van der Waals surface area contributed by atoms with Gasteiger partial charge in [0.1, 0.15) is 11.9 Å². The maximum atomic E-state index is 12.8. The van der Waals surface area contributed by atoms with Crippen LogP contribution in [-0.4, -0.2) is 15.3 Å². The Morgan fingerprint density at radius 3 is 2.62 bits per heavy atom. The highest BCUT2D eigenvalue weighted by Gasteiger charge is 2.25. The van der Waals surface area contributed by atoms with Crippen LogP contribution in [0.4, 0.5) is 0 Å². The second-order valence-corrected chi connectivity index (χ2v) is 10.4. The maximum absolute atomic E-state index is 12.8. The van der Waals surface area contributed by atoms with Crippen molar-refractivity contribution in [3.8, 4) is 5.75 Å². The van der Waals surface area contributed by atoms with E-state index in [0.29, 0.717) is 13.0 Å². The van der Waals surface area contributed by atoms with Crippen molar-refractivity contribution in [3.05, 3.63) is 126 Å². The van der Waals surface area contributed by atoms with Crippen LogP contribution in [0, 0.1) is 0 Å². The first-order valence-corrected chi connectivity index (χ1v) is 13.7. The molecule has 37 heavy (non-hydrogen) atoms. The fourth-order valence-corrected chi connectivity index (χ4v) is 6.27. The van der Waals surface area contributed by atoms with Crippen molar-refractivity contribution in [1.29, 1.82) is 0 Å². The van der Waals surface area contributed by atoms with Crippen molar-refractivity contribution in [3.63, 3.8) is 0 Å². The van der Waals surface area contributed by atoms with Crippen LogP contribution in [0.25, 0.3) is 10.8 Å². The molecule has 1 heterocycles. The first-order valence-electron chi connectivity index (χ1n) is 12.7. The molecule has 5 aromatic rings. The van der Waals surface area contributed by atoms with E-state index in [0.717, 1.165) is 46.6 Å². The van der Waals surface area contributed by atoms with Crippen molar-refractivity contribution >= 4 is 28.3 Å². The monoisotopic (exact) mass is 504 g/mol. The van der Waals surface area contributed by atoms with E-state index in [2.05, 4.69) is 59.6 Å². The highest BCUT2D eigenvalue weighted by molar-refractivity contribution is 7.98. The Labute approximate surface area is 221 Å². The zero-order valence-corrected chi connectivity index (χ0v) is 21.4. The van der Waals surface area contributed by atoms with Gasteiger partial charge in [-0.15, -0.1) is 11.8 Å². The third-order valence-electron chi connectivity index (χ3n) is 7.02. The van der Waals surface area contributed by atoms with Gasteiger partial charge in [0.2, 0.25) is 0 Å². The number of hydrogen-bond donors (Lipinski definition) is 0. The zero-order valence-electron chi connectivity index (χ0n) is 20.5. The van der Waals surface area contributed by atoms with Gasteiger partial charge >= 0.3 is 0 Å². The van der Waals surface area contributed by atoms with Crippen LogP contribution < -0.4 is 4.74 Å². The molecule has 0 unspecified atom stereocenters. The predicted octanol–water partition coefficient (Wildman–Crippen LogP) is 7.67. The van der Waals surface area contributed by atoms with Crippen molar-refractivity contribution in [1.82, 2.24) is 9.55 Å². The van der Waals surface area contributed by atoms with Crippen LogP contribution in [0.3, 0.4) is 0 Å². The molecule has 6 rings (SSSR count). The molecule has 1 aliphatic carbocycles. The second-order valence-electron chi connectivity index (χ2n) is 9.39. The third kappa shape index (κ3) is 5.05. The Hall–Kier alpha value is -3.83. The lowest BCUT2D eigenvalue weighted by molar-refractivity contribution is 0.0972. The van der Waals surface area contributed by atoms with Crippen molar-refractivity contribution < 1.29 is 9.53 Å². The normalized spacial score (nSPS) is 13.9. The van der Waals surface area contributed by atoms with Crippen molar-refractivity contribution in [2.75, 3.05) is 0 Å². The average Bonchev–Trinajstić information content (AvgIpc) is 3.46. The molecule has 5 heteroatoms. The summed E-state index contributed by atoms with van der Waals surface area (Å²) < 4.78 is 8.85. The smallest absolute Gasteiger partial charge is 0.163 e. The number of ketones is 1. The molecule has 0 amide bonds. The summed E-state index contributed by atoms with van der Waals surface area (Å²) in [5, 5.41) is 2.49. The van der Waals surface area contributed by atoms with E-state index < -0.39 is 0 Å². The molecule has 0 fully saturated rings. The van der Waals surface area contributed by atoms with Gasteiger partial charge in [-0.25, -0.2) is 4.98 Å². The van der Waals surface area contributed by atoms with Gasteiger partial charge in [-0.1, -0.05) is 66.7 Å². The van der Waals surface area contributed by atoms with E-state index in [1.165, 1.54) is 15.7 Å². The van der Waals surface area contributed by atoms with Gasteiger partial charge in [-0.3, -0.25) is 4.79 Å². The summed E-state index contributed by atoms with van der Waals surface area (Å²) in [5.41, 5.74) is 4.25. The van der Waals surface area contributed by atoms with Gasteiger partial charge in [-0.05, 0) is 52.9 Å². The summed E-state index contributed by atoms with van der Waals surface area (Å²) in [6, 6.07) is 29.2. The number of Topliss-reactive ketones (excluding diaryl/α,β-unsaturated/α-hetero) is 1. The Morgan fingerprint density at radius 1 is 0.919 bits per heavy atom. The lowest BCUT2D eigenvalue weighted by atomic mass is 9.87. The van der Waals surface area contributed by atoms with E-state index >= 15 is 0 Å². The Balaban J connectivity index is 1.37. The summed E-state index contributed by atoms with van der Waals surface area (Å²) >= 11 is 1.81. The topological polar surface area (TPSA) is 44.1 Å². The molecule has 0 saturated carbocycles. The molecule has 1 atom stereocenters. The van der Waals surface area contributed by atoms with Gasteiger partial charge in [0, 0.05) is 40.6 Å². The lowest BCUT2D eigenvalue weighted by Gasteiger charge is -2.26. The van der Waals surface area contributed by atoms with Gasteiger partial charge < -0.3 is 9.30 Å². The lowest BCUT2D eigenvalue weighted by Crippen LogP contribution is -2.18. The van der Waals surface area contributed by atoms with E-state index in [4.69, 9.17) is 4.74 Å². The number of nitrogens with zero attached hydrogens (tertiary/aromatic N) is 2. The standard InChI is InChI=1S/C32H28N2O2S/c35-29-14-7-13-26-27(29)16-17-30(28(26)21-37-32-15-6-11-23-8-4-5-12-25(23)32)36-31(20-34-19-18-33-22-34)24-9-2-1-3-10-24/h1-6,8-12,15-19,22,31H,7,13-14,20-21H2/t31-/m1/s1. The number of carbonyl (C=O) groups is 1. The molecule has 0 bridgehead atoms. The van der Waals surface area contributed by atoms with E-state index in [-0.39, 0.29) is 11.9 Å². The quantitative estimate of drug-likeness (QED) is 0.203. The molecule has 0 aliphatic heterocycles. The molecule has 4 aromatic carbocycles. The van der Waals surface area contributed by atoms with E-state index in [9.17, 15) is 4.79 Å². The molecule has 0 spiro atoms. The fraction of sp³-hybridized carbons (Fsp3) is 0.188. The van der Waals surface area contributed by atoms with E-state index in [1.54, 1.807) is 6.20 Å².